The molecule has 0 saturated heterocycles. The van der Waals surface area contributed by atoms with Gasteiger partial charge in [-0.1, -0.05) is 334 Å². The summed E-state index contributed by atoms with van der Waals surface area (Å²) in [4.78, 5) is 24.6. The number of hydrogen-bond donors (Lipinski definition) is 3. The van der Waals surface area contributed by atoms with Gasteiger partial charge in [0.05, 0.1) is 25.4 Å². The summed E-state index contributed by atoms with van der Waals surface area (Å²) in [7, 11) is 0. The van der Waals surface area contributed by atoms with E-state index in [0.29, 0.717) is 19.4 Å². The normalized spacial score (nSPS) is 12.6. The van der Waals surface area contributed by atoms with E-state index in [1.54, 1.807) is 6.08 Å². The molecule has 0 aromatic heterocycles. The fraction of sp³-hybridized carbons (Fsp3) is 0.913. The highest BCUT2D eigenvalue weighted by molar-refractivity contribution is 5.76. The molecule has 0 heterocycles. The lowest BCUT2D eigenvalue weighted by molar-refractivity contribution is -0.143. The molecule has 0 rings (SSSR count). The predicted octanol–water partition coefficient (Wildman–Crippen LogP) is 21.8. The van der Waals surface area contributed by atoms with Crippen LogP contribution >= 0.6 is 0 Å². The molecule has 3 N–H and O–H groups in total. The van der Waals surface area contributed by atoms with Gasteiger partial charge < -0.3 is 20.3 Å². The zero-order chi connectivity index (χ0) is 54.3. The van der Waals surface area contributed by atoms with E-state index in [-0.39, 0.29) is 18.5 Å². The molecule has 0 fully saturated rings. The molecule has 0 aliphatic rings. The van der Waals surface area contributed by atoms with Crippen molar-refractivity contribution >= 4 is 11.9 Å². The summed E-state index contributed by atoms with van der Waals surface area (Å²) in [6.45, 7) is 4.93. The van der Waals surface area contributed by atoms with Gasteiger partial charge in [-0.05, 0) is 57.8 Å². The number of carbonyl (C=O) groups is 2. The van der Waals surface area contributed by atoms with E-state index in [0.717, 1.165) is 44.9 Å². The second-order valence-electron chi connectivity index (χ2n) is 23.5. The molecule has 1 amide bonds. The highest BCUT2D eigenvalue weighted by Crippen LogP contribution is 2.18. The second kappa shape index (κ2) is 64.9. The lowest BCUT2D eigenvalue weighted by Crippen LogP contribution is -2.45. The third kappa shape index (κ3) is 61.4. The van der Waals surface area contributed by atoms with Gasteiger partial charge in [-0.2, -0.15) is 0 Å². The van der Waals surface area contributed by atoms with Crippen LogP contribution < -0.4 is 5.32 Å². The van der Waals surface area contributed by atoms with Crippen LogP contribution in [0.4, 0.5) is 0 Å². The minimum absolute atomic E-state index is 0.00426. The quantitative estimate of drug-likeness (QED) is 0.0320. The lowest BCUT2D eigenvalue weighted by Gasteiger charge is -2.20. The minimum atomic E-state index is -0.846. The fourth-order valence-corrected chi connectivity index (χ4v) is 10.7. The number of rotatable bonds is 64. The summed E-state index contributed by atoms with van der Waals surface area (Å²) in [5.41, 5.74) is 0. The van der Waals surface area contributed by atoms with Crippen LogP contribution in [0.5, 0.6) is 0 Å². The summed E-state index contributed by atoms with van der Waals surface area (Å²) in [5, 5.41) is 23.2. The van der Waals surface area contributed by atoms with E-state index in [9.17, 15) is 19.8 Å². The number of aliphatic hydroxyl groups excluding tert-OH is 2. The smallest absolute Gasteiger partial charge is 0.305 e. The van der Waals surface area contributed by atoms with Crippen molar-refractivity contribution in [2.24, 2.45) is 0 Å². The summed E-state index contributed by atoms with van der Waals surface area (Å²) in [5.74, 6) is -0.0608. The molecule has 0 aliphatic heterocycles. The number of aliphatic hydroxyl groups is 2. The van der Waals surface area contributed by atoms with Gasteiger partial charge in [0.2, 0.25) is 5.91 Å². The van der Waals surface area contributed by atoms with E-state index in [1.807, 2.05) is 6.08 Å². The Kier molecular flexibility index (Phi) is 63.4. The Bertz CT molecular complexity index is 1170. The monoisotopic (exact) mass is 1060 g/mol. The molecule has 0 bridgehead atoms. The van der Waals surface area contributed by atoms with Crippen LogP contribution in [0.3, 0.4) is 0 Å². The number of esters is 1. The fourth-order valence-electron chi connectivity index (χ4n) is 10.7. The van der Waals surface area contributed by atoms with Gasteiger partial charge in [0.15, 0.2) is 0 Å². The number of unbranched alkanes of at least 4 members (excludes halogenated alkanes) is 51. The molecule has 0 aromatic rings. The van der Waals surface area contributed by atoms with Gasteiger partial charge in [0.1, 0.15) is 0 Å². The Labute approximate surface area is 469 Å². The van der Waals surface area contributed by atoms with Gasteiger partial charge in [-0.25, -0.2) is 0 Å². The molecule has 6 nitrogen and oxygen atoms in total. The SMILES string of the molecule is CCCCCCCC/C=C\CCCCCCCC(=O)OCCCCCCCCCCCCCCCCCCCCCCCC(=O)NC(CO)C(O)/C=C/CCCCCCCCCCCCCCCCCCCCCC. The third-order valence-corrected chi connectivity index (χ3v) is 16.0. The summed E-state index contributed by atoms with van der Waals surface area (Å²) < 4.78 is 5.49. The molecule has 444 valence electrons. The van der Waals surface area contributed by atoms with Gasteiger partial charge in [-0.3, -0.25) is 9.59 Å². The highest BCUT2D eigenvalue weighted by atomic mass is 16.5. The van der Waals surface area contributed by atoms with Crippen LogP contribution in [0.25, 0.3) is 0 Å². The Morgan fingerprint density at radius 3 is 0.947 bits per heavy atom. The molecule has 6 heteroatoms. The maximum Gasteiger partial charge on any atom is 0.305 e. The summed E-state index contributed by atoms with van der Waals surface area (Å²) in [6.07, 6.45) is 80.9. The van der Waals surface area contributed by atoms with Crippen molar-refractivity contribution in [3.63, 3.8) is 0 Å². The molecule has 0 aromatic carbocycles. The first-order chi connectivity index (χ1) is 37.0. The molecule has 2 atom stereocenters. The van der Waals surface area contributed by atoms with E-state index in [1.165, 1.54) is 308 Å². The molecule has 0 saturated carbocycles. The molecule has 75 heavy (non-hydrogen) atoms. The Morgan fingerprint density at radius 2 is 0.627 bits per heavy atom. The highest BCUT2D eigenvalue weighted by Gasteiger charge is 2.18. The van der Waals surface area contributed by atoms with Crippen molar-refractivity contribution in [3.05, 3.63) is 24.3 Å². The Balaban J connectivity index is 3.41. The van der Waals surface area contributed by atoms with Crippen LogP contribution in [0.1, 0.15) is 380 Å². The van der Waals surface area contributed by atoms with E-state index >= 15 is 0 Å². The maximum absolute atomic E-state index is 12.5. The van der Waals surface area contributed by atoms with Crippen molar-refractivity contribution in [1.29, 1.82) is 0 Å². The number of amides is 1. The molecule has 0 aliphatic carbocycles. The Hall–Kier alpha value is -1.66. The topological polar surface area (TPSA) is 95.9 Å². The van der Waals surface area contributed by atoms with Crippen molar-refractivity contribution in [3.8, 4) is 0 Å². The third-order valence-electron chi connectivity index (χ3n) is 16.0. The van der Waals surface area contributed by atoms with Gasteiger partial charge in [0, 0.05) is 12.8 Å². The minimum Gasteiger partial charge on any atom is -0.466 e. The molecular weight excluding hydrogens is 923 g/mol. The first-order valence-electron chi connectivity index (χ1n) is 34.1. The second-order valence-corrected chi connectivity index (χ2v) is 23.5. The largest absolute Gasteiger partial charge is 0.466 e. The van der Waals surface area contributed by atoms with E-state index in [4.69, 9.17) is 4.74 Å². The average Bonchev–Trinajstić information content (AvgIpc) is 3.41. The van der Waals surface area contributed by atoms with Crippen molar-refractivity contribution in [2.45, 2.75) is 392 Å². The van der Waals surface area contributed by atoms with Crippen LogP contribution in [0.2, 0.25) is 0 Å². The van der Waals surface area contributed by atoms with Gasteiger partial charge in [0.25, 0.3) is 0 Å². The average molecular weight is 1060 g/mol. The number of nitrogens with one attached hydrogen (secondary N) is 1. The van der Waals surface area contributed by atoms with Gasteiger partial charge in [-0.15, -0.1) is 0 Å². The van der Waals surface area contributed by atoms with Crippen molar-refractivity contribution < 1.29 is 24.5 Å². The molecule has 2 unspecified atom stereocenters. The zero-order valence-corrected chi connectivity index (χ0v) is 50.8. The summed E-state index contributed by atoms with van der Waals surface area (Å²) >= 11 is 0. The first kappa shape index (κ1) is 73.3. The van der Waals surface area contributed by atoms with Crippen LogP contribution in [-0.4, -0.2) is 47.4 Å². The standard InChI is InChI=1S/C69H133NO5/c1-3-5-7-9-11-13-15-17-19-20-21-22-24-27-30-34-37-41-45-49-53-57-61-67(72)66(65-71)70-68(73)62-58-54-50-46-42-38-35-31-28-25-23-26-29-32-36-40-44-48-52-56-60-64-75-69(74)63-59-55-51-47-43-39-33-18-16-14-12-10-8-6-4-2/h18,33,57,61,66-67,71-72H,3-17,19-32,34-56,58-60,62-65H2,1-2H3,(H,70,73)/b33-18-,61-57+. The van der Waals surface area contributed by atoms with E-state index < -0.39 is 12.1 Å². The number of ether oxygens (including phenoxy) is 1. The van der Waals surface area contributed by atoms with Crippen LogP contribution in [0, 0.1) is 0 Å². The number of allylic oxidation sites excluding steroid dienone is 3. The lowest BCUT2D eigenvalue weighted by atomic mass is 10.0. The first-order valence-corrected chi connectivity index (χ1v) is 34.1. The van der Waals surface area contributed by atoms with E-state index in [2.05, 4.69) is 31.3 Å². The molecule has 0 radical (unpaired) electrons. The van der Waals surface area contributed by atoms with Gasteiger partial charge >= 0.3 is 5.97 Å². The number of carbonyl (C=O) groups excluding carboxylic acids is 2. The van der Waals surface area contributed by atoms with Crippen LogP contribution in [-0.2, 0) is 14.3 Å². The number of hydrogen-bond acceptors (Lipinski definition) is 5. The van der Waals surface area contributed by atoms with Crippen molar-refractivity contribution in [1.82, 2.24) is 5.32 Å². The van der Waals surface area contributed by atoms with Crippen molar-refractivity contribution in [2.75, 3.05) is 13.2 Å². The molecular formula is C69H133NO5. The Morgan fingerprint density at radius 1 is 0.360 bits per heavy atom. The zero-order valence-electron chi connectivity index (χ0n) is 50.8. The van der Waals surface area contributed by atoms with Crippen LogP contribution in [0.15, 0.2) is 24.3 Å². The predicted molar refractivity (Wildman–Crippen MR) is 329 cm³/mol. The molecule has 0 spiro atoms. The maximum atomic E-state index is 12.5. The summed E-state index contributed by atoms with van der Waals surface area (Å²) in [6, 6.07) is -0.630.